The van der Waals surface area contributed by atoms with Gasteiger partial charge in [0.05, 0.1) is 12.4 Å². The number of likely N-dealkylation sites (tertiary alicyclic amines) is 1. The molecule has 1 fully saturated rings. The topological polar surface area (TPSA) is 351 Å². The molecule has 71 heavy (non-hydrogen) atoms. The van der Waals surface area contributed by atoms with E-state index in [2.05, 4.69) is 46.9 Å². The summed E-state index contributed by atoms with van der Waals surface area (Å²) >= 11 is 0. The summed E-state index contributed by atoms with van der Waals surface area (Å²) in [6, 6.07) is 0.213. The second-order valence-corrected chi connectivity index (χ2v) is 20.0. The Labute approximate surface area is 417 Å². The van der Waals surface area contributed by atoms with Crippen molar-refractivity contribution in [2.45, 2.75) is 162 Å². The first-order valence-corrected chi connectivity index (χ1v) is 24.6. The van der Waals surface area contributed by atoms with Crippen LogP contribution in [0.15, 0.2) is 47.8 Å². The molecule has 1 aromatic heterocycles. The molecule has 2 heterocycles. The summed E-state index contributed by atoms with van der Waals surface area (Å²) in [4.78, 5) is 122. The van der Waals surface area contributed by atoms with Gasteiger partial charge < -0.3 is 64.1 Å². The molecular formula is C49H79N13O9. The summed E-state index contributed by atoms with van der Waals surface area (Å²) in [6.45, 7) is 14.9. The van der Waals surface area contributed by atoms with E-state index in [-0.39, 0.29) is 88.2 Å². The predicted molar refractivity (Wildman–Crippen MR) is 267 cm³/mol. The molecule has 0 radical (unpaired) electrons. The zero-order chi connectivity index (χ0) is 52.9. The van der Waals surface area contributed by atoms with Crippen LogP contribution >= 0.6 is 0 Å². The van der Waals surface area contributed by atoms with Gasteiger partial charge in [-0.15, -0.1) is 0 Å². The Balaban J connectivity index is 1.84. The highest BCUT2D eigenvalue weighted by molar-refractivity contribution is 5.98. The average Bonchev–Trinajstić information content (AvgIpc) is 4.01. The summed E-state index contributed by atoms with van der Waals surface area (Å²) in [6.07, 6.45) is 4.59. The number of amides is 7. The van der Waals surface area contributed by atoms with Gasteiger partial charge in [0.1, 0.15) is 42.3 Å². The number of rotatable bonds is 29. The number of guanidine groups is 1. The van der Waals surface area contributed by atoms with E-state index in [1.165, 1.54) is 17.4 Å². The minimum absolute atomic E-state index is 0.0233. The number of aromatic nitrogens is 2. The van der Waals surface area contributed by atoms with Crippen molar-refractivity contribution in [2.24, 2.45) is 45.9 Å². The fourth-order valence-corrected chi connectivity index (χ4v) is 8.27. The van der Waals surface area contributed by atoms with Gasteiger partial charge in [-0.2, -0.15) is 0 Å². The van der Waals surface area contributed by atoms with Gasteiger partial charge in [-0.25, -0.2) is 9.78 Å². The maximum atomic E-state index is 14.5. The smallest absolute Gasteiger partial charge is 0.326 e. The van der Waals surface area contributed by atoms with Crippen LogP contribution in [0.2, 0.25) is 0 Å². The second kappa shape index (κ2) is 28.9. The molecule has 0 saturated carbocycles. The molecule has 1 aliphatic rings. The van der Waals surface area contributed by atoms with Crippen molar-refractivity contribution in [1.29, 1.82) is 0 Å². The molecule has 0 spiro atoms. The van der Waals surface area contributed by atoms with Crippen LogP contribution in [0.3, 0.4) is 0 Å². The lowest BCUT2D eigenvalue weighted by atomic mass is 9.98. The van der Waals surface area contributed by atoms with E-state index in [9.17, 15) is 43.5 Å². The molecule has 0 unspecified atom stereocenters. The predicted octanol–water partition coefficient (Wildman–Crippen LogP) is 0.354. The molecule has 22 nitrogen and oxygen atoms in total. The molecule has 1 saturated heterocycles. The van der Waals surface area contributed by atoms with Gasteiger partial charge in [0.25, 0.3) is 0 Å². The molecular weight excluding hydrogens is 915 g/mol. The number of imidazole rings is 1. The molecule has 1 aliphatic heterocycles. The molecule has 2 aromatic rings. The Kier molecular flexibility index (Phi) is 23.9. The molecule has 0 aliphatic carbocycles. The van der Waals surface area contributed by atoms with E-state index in [1.54, 1.807) is 13.8 Å². The van der Waals surface area contributed by atoms with Gasteiger partial charge in [-0.1, -0.05) is 85.7 Å². The van der Waals surface area contributed by atoms with Crippen LogP contribution in [-0.2, 0) is 51.2 Å². The van der Waals surface area contributed by atoms with Crippen LogP contribution in [0.4, 0.5) is 0 Å². The van der Waals surface area contributed by atoms with Gasteiger partial charge in [0, 0.05) is 31.4 Å². The highest BCUT2D eigenvalue weighted by Crippen LogP contribution is 2.22. The number of aliphatic carboxylic acids is 1. The molecule has 7 amide bonds. The normalized spacial score (nSPS) is 16.5. The van der Waals surface area contributed by atoms with Crippen molar-refractivity contribution >= 4 is 53.3 Å². The number of nitrogens with zero attached hydrogens (tertiary/aromatic N) is 3. The van der Waals surface area contributed by atoms with Crippen molar-refractivity contribution in [3.05, 3.63) is 54.1 Å². The Hall–Kier alpha value is -6.58. The third-order valence-corrected chi connectivity index (χ3v) is 11.9. The number of hydrogen-bond acceptors (Lipinski definition) is 11. The Morgan fingerprint density at radius 1 is 0.718 bits per heavy atom. The fraction of sp³-hybridized carbons (Fsp3) is 0.633. The number of nitrogens with two attached hydrogens (primary N) is 3. The number of H-pyrrole nitrogens is 1. The quantitative estimate of drug-likeness (QED) is 0.0298. The highest BCUT2D eigenvalue weighted by atomic mass is 16.4. The monoisotopic (exact) mass is 994 g/mol. The van der Waals surface area contributed by atoms with Gasteiger partial charge >= 0.3 is 5.97 Å². The summed E-state index contributed by atoms with van der Waals surface area (Å²) in [5.41, 5.74) is 18.7. The summed E-state index contributed by atoms with van der Waals surface area (Å²) in [5, 5.41) is 26.3. The van der Waals surface area contributed by atoms with Crippen LogP contribution in [-0.4, -0.2) is 135 Å². The van der Waals surface area contributed by atoms with E-state index in [0.29, 0.717) is 12.1 Å². The molecule has 3 rings (SSSR count). The van der Waals surface area contributed by atoms with Gasteiger partial charge in [-0.05, 0) is 80.6 Å². The van der Waals surface area contributed by atoms with E-state index in [4.69, 9.17) is 17.2 Å². The Bertz CT molecular complexity index is 2100. The van der Waals surface area contributed by atoms with Crippen LogP contribution in [0.25, 0.3) is 0 Å². The number of carboxylic acids is 1. The number of carbonyl (C=O) groups excluding carboxylic acids is 7. The van der Waals surface area contributed by atoms with Crippen molar-refractivity contribution in [3.63, 3.8) is 0 Å². The molecule has 1 aromatic carbocycles. The third kappa shape index (κ3) is 20.0. The van der Waals surface area contributed by atoms with Crippen molar-refractivity contribution in [3.8, 4) is 0 Å². The lowest BCUT2D eigenvalue weighted by Crippen LogP contribution is -2.61. The standard InChI is InChI=1S/C49H79N13O9/c1-27(2)20-35(57-41(63)33(50)23-31-14-10-9-11-15-31)44(66)58-36(21-28(3)4)43(65)56-34(16-12-18-54-49(51)52)42(64)61-40(30(7)8)47(69)62-19-13-17-39(62)46(68)59-37(24-32-25-53-26-55-32)45(67)60-38(48(70)71)22-29(5)6/h9-11,14-15,25-30,33-40H,12-13,16-24,50H2,1-8H3,(H,53,55)(H,56,65)(H,57,63)(H,58,66)(H,59,68)(H,60,67)(H,61,64)(H,70,71)(H4,51,52,54)/t33-,34-,35-,36-,37-,38-,39-,40-/m0/s1. The second-order valence-electron chi connectivity index (χ2n) is 20.0. The van der Waals surface area contributed by atoms with Crippen LogP contribution < -0.4 is 49.1 Å². The largest absolute Gasteiger partial charge is 0.480 e. The van der Waals surface area contributed by atoms with Gasteiger partial charge in [0.15, 0.2) is 5.96 Å². The molecule has 394 valence electrons. The van der Waals surface area contributed by atoms with E-state index in [1.807, 2.05) is 71.9 Å². The first-order valence-electron chi connectivity index (χ1n) is 24.6. The minimum atomic E-state index is -1.25. The first-order chi connectivity index (χ1) is 33.5. The molecule has 14 N–H and O–H groups in total. The lowest BCUT2D eigenvalue weighted by Gasteiger charge is -2.32. The number of aromatic amines is 1. The number of hydrogen-bond donors (Lipinski definition) is 11. The lowest BCUT2D eigenvalue weighted by molar-refractivity contribution is -0.144. The number of aliphatic imine (C=N–C) groups is 1. The summed E-state index contributed by atoms with van der Waals surface area (Å²) in [7, 11) is 0. The Morgan fingerprint density at radius 2 is 1.25 bits per heavy atom. The zero-order valence-corrected chi connectivity index (χ0v) is 42.5. The molecule has 0 bridgehead atoms. The SMILES string of the molecule is CC(C)C[C@H](NC(=O)[C@H](Cc1cnc[nH]1)NC(=O)[C@@H]1CCCN1C(=O)[C@@H](NC(=O)[C@H](CCCN=C(N)N)NC(=O)[C@H](CC(C)C)NC(=O)[C@H](CC(C)C)NC(=O)[C@@H](N)Cc1ccccc1)C(C)C)C(=O)O. The fourth-order valence-electron chi connectivity index (χ4n) is 8.27. The summed E-state index contributed by atoms with van der Waals surface area (Å²) in [5.74, 6) is -6.56. The van der Waals surface area contributed by atoms with Crippen molar-refractivity contribution in [2.75, 3.05) is 13.1 Å². The zero-order valence-electron chi connectivity index (χ0n) is 42.5. The van der Waals surface area contributed by atoms with E-state index >= 15 is 0 Å². The van der Waals surface area contributed by atoms with Crippen molar-refractivity contribution in [1.82, 2.24) is 46.8 Å². The number of carboxylic acid groups (broad SMARTS) is 1. The number of benzene rings is 1. The minimum Gasteiger partial charge on any atom is -0.480 e. The van der Waals surface area contributed by atoms with Gasteiger partial charge in [-0.3, -0.25) is 38.6 Å². The molecule has 22 heteroatoms. The maximum absolute atomic E-state index is 14.5. The van der Waals surface area contributed by atoms with Crippen LogP contribution in [0.1, 0.15) is 112 Å². The maximum Gasteiger partial charge on any atom is 0.326 e. The summed E-state index contributed by atoms with van der Waals surface area (Å²) < 4.78 is 0. The van der Waals surface area contributed by atoms with E-state index < -0.39 is 102 Å². The van der Waals surface area contributed by atoms with Gasteiger partial charge in [0.2, 0.25) is 41.4 Å². The Morgan fingerprint density at radius 3 is 1.79 bits per heavy atom. The average molecular weight is 994 g/mol. The van der Waals surface area contributed by atoms with E-state index in [0.717, 1.165) is 5.56 Å². The van der Waals surface area contributed by atoms with Crippen molar-refractivity contribution < 1.29 is 43.5 Å². The first kappa shape index (κ1) is 58.7. The molecule has 8 atom stereocenters. The van der Waals surface area contributed by atoms with Crippen LogP contribution in [0, 0.1) is 23.7 Å². The number of carbonyl (C=O) groups is 8. The highest BCUT2D eigenvalue weighted by Gasteiger charge is 2.41. The third-order valence-electron chi connectivity index (χ3n) is 11.9. The number of nitrogens with one attached hydrogen (secondary N) is 7. The van der Waals surface area contributed by atoms with Crippen LogP contribution in [0.5, 0.6) is 0 Å².